The van der Waals surface area contributed by atoms with Crippen LogP contribution in [0.1, 0.15) is 29.5 Å². The molecule has 2 heteroatoms. The molecule has 0 amide bonds. The van der Waals surface area contributed by atoms with Gasteiger partial charge in [0.1, 0.15) is 0 Å². The highest BCUT2D eigenvalue weighted by atomic mass is 15.1. The van der Waals surface area contributed by atoms with Crippen LogP contribution in [0.15, 0.2) is 18.2 Å². The lowest BCUT2D eigenvalue weighted by Gasteiger charge is -2.17. The molecule has 0 aliphatic heterocycles. The van der Waals surface area contributed by atoms with Gasteiger partial charge in [0.25, 0.3) is 0 Å². The number of unbranched alkanes of at least 4 members (excludes halogenated alkanes) is 1. The zero-order valence-electron chi connectivity index (χ0n) is 11.5. The van der Waals surface area contributed by atoms with Gasteiger partial charge in [-0.15, -0.1) is 0 Å². The van der Waals surface area contributed by atoms with Gasteiger partial charge in [0.2, 0.25) is 0 Å². The van der Waals surface area contributed by atoms with E-state index in [0.717, 1.165) is 32.5 Å². The van der Waals surface area contributed by atoms with Gasteiger partial charge in [0.05, 0.1) is 0 Å². The summed E-state index contributed by atoms with van der Waals surface area (Å²) in [5.41, 5.74) is 9.75. The van der Waals surface area contributed by atoms with Crippen LogP contribution in [-0.2, 0) is 6.42 Å². The molecule has 0 aliphatic rings. The maximum absolute atomic E-state index is 5.50. The highest BCUT2D eigenvalue weighted by Gasteiger charge is 2.02. The smallest absolute Gasteiger partial charge is 0.00189 e. The van der Waals surface area contributed by atoms with Gasteiger partial charge in [0.15, 0.2) is 0 Å². The highest BCUT2D eigenvalue weighted by Crippen LogP contribution is 2.11. The molecule has 0 atom stereocenters. The Hall–Kier alpha value is -0.860. The second kappa shape index (κ2) is 7.46. The first-order chi connectivity index (χ1) is 8.13. The number of likely N-dealkylation sites (N-methyl/N-ethyl adjacent to an activating group) is 1. The summed E-state index contributed by atoms with van der Waals surface area (Å²) in [5, 5.41) is 0. The Morgan fingerprint density at radius 2 is 1.88 bits per heavy atom. The van der Waals surface area contributed by atoms with Crippen molar-refractivity contribution >= 4 is 0 Å². The molecule has 0 saturated carbocycles. The standard InChI is InChI=1S/C15H26N2/c1-13-6-7-14(2)15(12-13)8-11-17(3)10-5-4-9-16/h6-7,12H,4-5,8-11,16H2,1-3H3. The number of rotatable bonds is 7. The Morgan fingerprint density at radius 3 is 2.59 bits per heavy atom. The molecule has 0 aromatic heterocycles. The van der Waals surface area contributed by atoms with E-state index in [1.165, 1.54) is 23.1 Å². The third kappa shape index (κ3) is 5.33. The first-order valence-corrected chi connectivity index (χ1v) is 6.58. The van der Waals surface area contributed by atoms with E-state index >= 15 is 0 Å². The van der Waals surface area contributed by atoms with Crippen molar-refractivity contribution in [3.63, 3.8) is 0 Å². The van der Waals surface area contributed by atoms with Crippen LogP contribution in [-0.4, -0.2) is 31.6 Å². The van der Waals surface area contributed by atoms with E-state index in [4.69, 9.17) is 5.73 Å². The first-order valence-electron chi connectivity index (χ1n) is 6.58. The zero-order valence-corrected chi connectivity index (χ0v) is 11.5. The molecule has 2 N–H and O–H groups in total. The summed E-state index contributed by atoms with van der Waals surface area (Å²) in [5.74, 6) is 0. The Kier molecular flexibility index (Phi) is 6.23. The van der Waals surface area contributed by atoms with Crippen LogP contribution >= 0.6 is 0 Å². The Morgan fingerprint density at radius 1 is 1.12 bits per heavy atom. The van der Waals surface area contributed by atoms with E-state index in [1.807, 2.05) is 0 Å². The van der Waals surface area contributed by atoms with Crippen LogP contribution in [0.25, 0.3) is 0 Å². The van der Waals surface area contributed by atoms with E-state index in [2.05, 4.69) is 44.0 Å². The van der Waals surface area contributed by atoms with Gasteiger partial charge in [0, 0.05) is 6.54 Å². The minimum Gasteiger partial charge on any atom is -0.330 e. The largest absolute Gasteiger partial charge is 0.330 e. The molecule has 17 heavy (non-hydrogen) atoms. The number of aryl methyl sites for hydroxylation is 2. The maximum Gasteiger partial charge on any atom is 0.00189 e. The molecule has 1 aromatic rings. The van der Waals surface area contributed by atoms with Crippen LogP contribution in [0, 0.1) is 13.8 Å². The van der Waals surface area contributed by atoms with Crippen molar-refractivity contribution in [3.05, 3.63) is 34.9 Å². The van der Waals surface area contributed by atoms with E-state index in [0.29, 0.717) is 0 Å². The van der Waals surface area contributed by atoms with E-state index < -0.39 is 0 Å². The summed E-state index contributed by atoms with van der Waals surface area (Å²) in [6.07, 6.45) is 3.49. The lowest BCUT2D eigenvalue weighted by Crippen LogP contribution is -2.23. The normalized spacial score (nSPS) is 11.1. The van der Waals surface area contributed by atoms with Crippen LogP contribution in [0.4, 0.5) is 0 Å². The average Bonchev–Trinajstić information content (AvgIpc) is 2.31. The van der Waals surface area contributed by atoms with Crippen molar-refractivity contribution in [1.82, 2.24) is 4.90 Å². The number of hydrogen-bond donors (Lipinski definition) is 1. The Bertz CT molecular complexity index is 334. The first kappa shape index (κ1) is 14.2. The fourth-order valence-electron chi connectivity index (χ4n) is 2.02. The van der Waals surface area contributed by atoms with Gasteiger partial charge in [-0.05, 0) is 64.4 Å². The summed E-state index contributed by atoms with van der Waals surface area (Å²) in [7, 11) is 2.20. The molecular formula is C15H26N2. The predicted octanol–water partition coefficient (Wildman–Crippen LogP) is 2.52. The number of benzene rings is 1. The van der Waals surface area contributed by atoms with Crippen molar-refractivity contribution in [2.75, 3.05) is 26.7 Å². The molecule has 1 aromatic carbocycles. The van der Waals surface area contributed by atoms with Gasteiger partial charge >= 0.3 is 0 Å². The van der Waals surface area contributed by atoms with E-state index in [-0.39, 0.29) is 0 Å². The van der Waals surface area contributed by atoms with Crippen molar-refractivity contribution < 1.29 is 0 Å². The molecule has 0 heterocycles. The molecule has 0 radical (unpaired) electrons. The number of nitrogens with zero attached hydrogens (tertiary/aromatic N) is 1. The summed E-state index contributed by atoms with van der Waals surface area (Å²) in [4.78, 5) is 2.40. The van der Waals surface area contributed by atoms with Crippen LogP contribution in [0.3, 0.4) is 0 Å². The quantitative estimate of drug-likeness (QED) is 0.735. The fourth-order valence-corrected chi connectivity index (χ4v) is 2.02. The molecule has 0 fully saturated rings. The monoisotopic (exact) mass is 234 g/mol. The summed E-state index contributed by atoms with van der Waals surface area (Å²) < 4.78 is 0. The van der Waals surface area contributed by atoms with Crippen LogP contribution in [0.2, 0.25) is 0 Å². The van der Waals surface area contributed by atoms with Crippen molar-refractivity contribution in [3.8, 4) is 0 Å². The third-order valence-electron chi connectivity index (χ3n) is 3.26. The molecule has 2 nitrogen and oxygen atoms in total. The van der Waals surface area contributed by atoms with E-state index in [9.17, 15) is 0 Å². The lowest BCUT2D eigenvalue weighted by atomic mass is 10.0. The van der Waals surface area contributed by atoms with Crippen molar-refractivity contribution in [2.24, 2.45) is 5.73 Å². The van der Waals surface area contributed by atoms with Crippen molar-refractivity contribution in [1.29, 1.82) is 0 Å². The Balaban J connectivity index is 2.36. The lowest BCUT2D eigenvalue weighted by molar-refractivity contribution is 0.330. The molecule has 0 saturated heterocycles. The zero-order chi connectivity index (χ0) is 12.7. The third-order valence-corrected chi connectivity index (χ3v) is 3.26. The molecule has 0 unspecified atom stereocenters. The molecule has 96 valence electrons. The topological polar surface area (TPSA) is 29.3 Å². The molecule has 0 spiro atoms. The van der Waals surface area contributed by atoms with Gasteiger partial charge in [-0.3, -0.25) is 0 Å². The second-order valence-corrected chi connectivity index (χ2v) is 4.98. The highest BCUT2D eigenvalue weighted by molar-refractivity contribution is 5.30. The second-order valence-electron chi connectivity index (χ2n) is 4.98. The SMILES string of the molecule is Cc1ccc(C)c(CCN(C)CCCCN)c1. The fraction of sp³-hybridized carbons (Fsp3) is 0.600. The van der Waals surface area contributed by atoms with Gasteiger partial charge in [-0.2, -0.15) is 0 Å². The van der Waals surface area contributed by atoms with Gasteiger partial charge in [-0.1, -0.05) is 23.8 Å². The molecular weight excluding hydrogens is 208 g/mol. The molecule has 1 rings (SSSR count). The van der Waals surface area contributed by atoms with E-state index in [1.54, 1.807) is 0 Å². The van der Waals surface area contributed by atoms with Gasteiger partial charge in [-0.25, -0.2) is 0 Å². The number of nitrogens with two attached hydrogens (primary N) is 1. The summed E-state index contributed by atoms with van der Waals surface area (Å²) in [6, 6.07) is 6.71. The minimum atomic E-state index is 0.810. The Labute approximate surface area is 106 Å². The maximum atomic E-state index is 5.50. The molecule has 0 bridgehead atoms. The van der Waals surface area contributed by atoms with Crippen molar-refractivity contribution in [2.45, 2.75) is 33.1 Å². The van der Waals surface area contributed by atoms with Crippen LogP contribution in [0.5, 0.6) is 0 Å². The number of hydrogen-bond acceptors (Lipinski definition) is 2. The van der Waals surface area contributed by atoms with Crippen LogP contribution < -0.4 is 5.73 Å². The van der Waals surface area contributed by atoms with Gasteiger partial charge < -0.3 is 10.6 Å². The summed E-state index contributed by atoms with van der Waals surface area (Å²) in [6.45, 7) is 7.46. The molecule has 0 aliphatic carbocycles. The predicted molar refractivity (Wildman–Crippen MR) is 75.4 cm³/mol. The summed E-state index contributed by atoms with van der Waals surface area (Å²) >= 11 is 0. The minimum absolute atomic E-state index is 0.810. The average molecular weight is 234 g/mol.